The molecule has 2 aromatic carbocycles. The third-order valence-corrected chi connectivity index (χ3v) is 4.34. The molecule has 0 aliphatic carbocycles. The summed E-state index contributed by atoms with van der Waals surface area (Å²) in [7, 11) is 1.49. The van der Waals surface area contributed by atoms with E-state index in [0.717, 1.165) is 33.2 Å². The number of nitrogens with zero attached hydrogens (tertiary/aromatic N) is 2. The van der Waals surface area contributed by atoms with Crippen molar-refractivity contribution >= 4 is 22.5 Å². The van der Waals surface area contributed by atoms with Crippen molar-refractivity contribution < 1.29 is 9.84 Å². The maximum Gasteiger partial charge on any atom is 0.176 e. The molecule has 0 unspecified atom stereocenters. The highest BCUT2D eigenvalue weighted by atomic mass is 35.5. The Bertz CT molecular complexity index is 1060. The molecule has 6 heteroatoms. The molecule has 0 aliphatic rings. The number of aromatic amines is 1. The fourth-order valence-electron chi connectivity index (χ4n) is 2.80. The molecule has 25 heavy (non-hydrogen) atoms. The van der Waals surface area contributed by atoms with E-state index in [1.165, 1.54) is 7.11 Å². The van der Waals surface area contributed by atoms with Gasteiger partial charge >= 0.3 is 0 Å². The van der Waals surface area contributed by atoms with E-state index in [9.17, 15) is 5.11 Å². The van der Waals surface area contributed by atoms with E-state index >= 15 is 0 Å². The van der Waals surface area contributed by atoms with Crippen LogP contribution < -0.4 is 4.74 Å². The van der Waals surface area contributed by atoms with Crippen molar-refractivity contribution in [1.82, 2.24) is 15.2 Å². The summed E-state index contributed by atoms with van der Waals surface area (Å²) in [6.07, 6.45) is 5.22. The van der Waals surface area contributed by atoms with E-state index in [4.69, 9.17) is 16.3 Å². The molecule has 0 spiro atoms. The van der Waals surface area contributed by atoms with Gasteiger partial charge in [0.1, 0.15) is 0 Å². The first-order valence-corrected chi connectivity index (χ1v) is 7.91. The van der Waals surface area contributed by atoms with Crippen molar-refractivity contribution in [3.63, 3.8) is 0 Å². The van der Waals surface area contributed by atoms with Crippen molar-refractivity contribution in [2.45, 2.75) is 0 Å². The number of phenols is 1. The summed E-state index contributed by atoms with van der Waals surface area (Å²) in [5, 5.41) is 17.9. The Morgan fingerprint density at radius 1 is 1.16 bits per heavy atom. The van der Waals surface area contributed by atoms with Crippen LogP contribution in [0.25, 0.3) is 33.2 Å². The van der Waals surface area contributed by atoms with Gasteiger partial charge in [0.15, 0.2) is 11.5 Å². The summed E-state index contributed by atoms with van der Waals surface area (Å²) in [5.74, 6) is 0.262. The molecule has 0 aliphatic heterocycles. The zero-order valence-corrected chi connectivity index (χ0v) is 14.0. The molecule has 0 atom stereocenters. The van der Waals surface area contributed by atoms with Crippen LogP contribution in [-0.2, 0) is 0 Å². The van der Waals surface area contributed by atoms with Crippen LogP contribution in [0.5, 0.6) is 11.5 Å². The molecule has 1 radical (unpaired) electrons. The first-order valence-electron chi connectivity index (χ1n) is 7.54. The van der Waals surface area contributed by atoms with Gasteiger partial charge in [-0.3, -0.25) is 10.1 Å². The Kier molecular flexibility index (Phi) is 3.78. The normalized spacial score (nSPS) is 11.0. The van der Waals surface area contributed by atoms with Gasteiger partial charge in [0.25, 0.3) is 0 Å². The van der Waals surface area contributed by atoms with E-state index in [2.05, 4.69) is 21.2 Å². The molecule has 0 saturated heterocycles. The van der Waals surface area contributed by atoms with Crippen LogP contribution in [0.15, 0.2) is 48.9 Å². The molecule has 4 aromatic rings. The lowest BCUT2D eigenvalue weighted by Gasteiger charge is -2.10. The number of methoxy groups -OCH3 is 1. The van der Waals surface area contributed by atoms with Crippen molar-refractivity contribution in [2.75, 3.05) is 7.11 Å². The number of rotatable bonds is 3. The monoisotopic (exact) mass is 350 g/mol. The summed E-state index contributed by atoms with van der Waals surface area (Å²) in [6.45, 7) is 0. The van der Waals surface area contributed by atoms with Crippen LogP contribution in [0, 0.1) is 6.07 Å². The second kappa shape index (κ2) is 6.11. The summed E-state index contributed by atoms with van der Waals surface area (Å²) < 4.78 is 5.19. The van der Waals surface area contributed by atoms with Crippen LogP contribution >= 0.6 is 11.6 Å². The highest BCUT2D eigenvalue weighted by Gasteiger charge is 2.12. The average Bonchev–Trinajstić information content (AvgIpc) is 3.17. The van der Waals surface area contributed by atoms with E-state index in [-0.39, 0.29) is 10.8 Å². The topological polar surface area (TPSA) is 71.0 Å². The minimum absolute atomic E-state index is 0.0669. The molecule has 5 nitrogen and oxygen atoms in total. The molecular weight excluding hydrogens is 338 g/mol. The smallest absolute Gasteiger partial charge is 0.176 e. The number of nitrogens with one attached hydrogen (secondary N) is 1. The Labute approximate surface area is 148 Å². The zero-order valence-electron chi connectivity index (χ0n) is 13.2. The number of phenolic OH excluding ortho intramolecular Hbond substituents is 1. The number of fused-ring (bicyclic) bond motifs is 1. The molecule has 123 valence electrons. The molecule has 2 heterocycles. The Hall–Kier alpha value is -3.05. The molecular formula is C19H13ClN3O2. The summed E-state index contributed by atoms with van der Waals surface area (Å²) in [4.78, 5) is 4.37. The minimum atomic E-state index is -0.0669. The highest BCUT2D eigenvalue weighted by Crippen LogP contribution is 2.39. The number of halogens is 1. The quantitative estimate of drug-likeness (QED) is 0.572. The summed E-state index contributed by atoms with van der Waals surface area (Å²) in [6, 6.07) is 12.5. The second-order valence-electron chi connectivity index (χ2n) is 5.51. The highest BCUT2D eigenvalue weighted by molar-refractivity contribution is 6.32. The number of H-pyrrole nitrogens is 1. The molecule has 4 rings (SSSR count). The number of hydrogen-bond acceptors (Lipinski definition) is 4. The maximum atomic E-state index is 9.93. The Morgan fingerprint density at radius 3 is 2.80 bits per heavy atom. The SMILES string of the molecule is COc1cc(-c2ccc3nc[c]c(-c4cn[nH]c4)c3c2)cc(Cl)c1O. The van der Waals surface area contributed by atoms with Gasteiger partial charge in [-0.05, 0) is 35.4 Å². The summed E-state index contributed by atoms with van der Waals surface area (Å²) in [5.41, 5.74) is 4.47. The van der Waals surface area contributed by atoms with E-state index in [0.29, 0.717) is 5.75 Å². The number of ether oxygens (including phenoxy) is 1. The van der Waals surface area contributed by atoms with Gasteiger partial charge in [-0.15, -0.1) is 0 Å². The number of benzene rings is 2. The molecule has 0 bridgehead atoms. The van der Waals surface area contributed by atoms with Gasteiger partial charge in [0, 0.05) is 35.0 Å². The Morgan fingerprint density at radius 2 is 2.04 bits per heavy atom. The van der Waals surface area contributed by atoms with Gasteiger partial charge < -0.3 is 9.84 Å². The van der Waals surface area contributed by atoms with Gasteiger partial charge in [0.05, 0.1) is 23.8 Å². The average molecular weight is 351 g/mol. The lowest BCUT2D eigenvalue weighted by atomic mass is 9.98. The molecule has 0 fully saturated rings. The molecule has 2 aromatic heterocycles. The number of hydrogen-bond donors (Lipinski definition) is 2. The first kappa shape index (κ1) is 15.5. The van der Waals surface area contributed by atoms with Crippen molar-refractivity contribution in [2.24, 2.45) is 0 Å². The first-order chi connectivity index (χ1) is 12.2. The van der Waals surface area contributed by atoms with Crippen molar-refractivity contribution in [3.05, 3.63) is 60.0 Å². The number of aromatic hydroxyl groups is 1. The van der Waals surface area contributed by atoms with Crippen LogP contribution in [0.1, 0.15) is 0 Å². The fraction of sp³-hybridized carbons (Fsp3) is 0.0526. The lowest BCUT2D eigenvalue weighted by Crippen LogP contribution is -1.88. The molecule has 0 saturated carbocycles. The zero-order chi connectivity index (χ0) is 17.4. The van der Waals surface area contributed by atoms with Gasteiger partial charge in [-0.1, -0.05) is 17.7 Å². The van der Waals surface area contributed by atoms with Crippen LogP contribution in [0.4, 0.5) is 0 Å². The molecule has 2 N–H and O–H groups in total. The third-order valence-electron chi connectivity index (χ3n) is 4.05. The van der Waals surface area contributed by atoms with E-state index in [1.54, 1.807) is 24.5 Å². The van der Waals surface area contributed by atoms with Crippen LogP contribution in [0.3, 0.4) is 0 Å². The van der Waals surface area contributed by atoms with E-state index in [1.807, 2.05) is 24.4 Å². The minimum Gasteiger partial charge on any atom is -0.503 e. The van der Waals surface area contributed by atoms with Crippen LogP contribution in [-0.4, -0.2) is 27.4 Å². The summed E-state index contributed by atoms with van der Waals surface area (Å²) >= 11 is 6.12. The fourth-order valence-corrected chi connectivity index (χ4v) is 3.01. The largest absolute Gasteiger partial charge is 0.503 e. The lowest BCUT2D eigenvalue weighted by molar-refractivity contribution is 0.374. The maximum absolute atomic E-state index is 9.93. The second-order valence-corrected chi connectivity index (χ2v) is 5.91. The number of pyridine rings is 1. The van der Waals surface area contributed by atoms with Gasteiger partial charge in [0.2, 0.25) is 0 Å². The predicted molar refractivity (Wildman–Crippen MR) is 96.8 cm³/mol. The number of aromatic nitrogens is 3. The van der Waals surface area contributed by atoms with E-state index < -0.39 is 0 Å². The van der Waals surface area contributed by atoms with Gasteiger partial charge in [-0.2, -0.15) is 5.10 Å². The molecule has 0 amide bonds. The predicted octanol–water partition coefficient (Wildman–Crippen LogP) is 4.46. The van der Waals surface area contributed by atoms with Crippen LogP contribution in [0.2, 0.25) is 5.02 Å². The Balaban J connectivity index is 1.93. The third kappa shape index (κ3) is 2.68. The van der Waals surface area contributed by atoms with Crippen molar-refractivity contribution in [3.8, 4) is 33.8 Å². The van der Waals surface area contributed by atoms with Gasteiger partial charge in [-0.25, -0.2) is 0 Å². The van der Waals surface area contributed by atoms with Crippen molar-refractivity contribution in [1.29, 1.82) is 0 Å². The standard InChI is InChI=1S/C19H13ClN3O2/c1-25-18-8-12(7-16(20)19(18)24)11-2-3-17-15(6-11)14(4-5-21-17)13-9-22-23-10-13/h2-3,5-10,24H,1H3,(H,22,23).